The van der Waals surface area contributed by atoms with Gasteiger partial charge in [-0.2, -0.15) is 0 Å². The summed E-state index contributed by atoms with van der Waals surface area (Å²) in [6.45, 7) is 1.88. The summed E-state index contributed by atoms with van der Waals surface area (Å²) in [5.41, 5.74) is 3.86. The summed E-state index contributed by atoms with van der Waals surface area (Å²) < 4.78 is 25.0. The maximum Gasteiger partial charge on any atom is 0.209 e. The van der Waals surface area contributed by atoms with Crippen LogP contribution in [0, 0.1) is 0 Å². The van der Waals surface area contributed by atoms with Crippen molar-refractivity contribution in [2.24, 2.45) is 0 Å². The van der Waals surface area contributed by atoms with E-state index in [-0.39, 0.29) is 6.04 Å². The second-order valence-electron chi connectivity index (χ2n) is 4.85. The normalized spacial score (nSPS) is 17.5. The molecule has 0 bridgehead atoms. The second-order valence-corrected chi connectivity index (χ2v) is 6.63. The minimum atomic E-state index is -3.14. The Bertz CT molecular complexity index is 508. The number of sulfonamides is 1. The van der Waals surface area contributed by atoms with Gasteiger partial charge in [-0.1, -0.05) is 18.2 Å². The van der Waals surface area contributed by atoms with E-state index in [1.54, 1.807) is 0 Å². The van der Waals surface area contributed by atoms with E-state index in [0.717, 1.165) is 18.4 Å². The molecule has 0 spiro atoms. The molecule has 0 saturated carbocycles. The molecule has 0 heterocycles. The molecular weight excluding hydrogens is 234 g/mol. The molecule has 1 unspecified atom stereocenters. The van der Waals surface area contributed by atoms with Crippen molar-refractivity contribution in [1.29, 1.82) is 0 Å². The molecular formula is C13H19NO2S. The van der Waals surface area contributed by atoms with Crippen molar-refractivity contribution in [3.63, 3.8) is 0 Å². The lowest BCUT2D eigenvalue weighted by atomic mass is 9.89. The Morgan fingerprint density at radius 1 is 1.18 bits per heavy atom. The number of hydrogen-bond acceptors (Lipinski definition) is 2. The zero-order valence-corrected chi connectivity index (χ0v) is 11.2. The van der Waals surface area contributed by atoms with Crippen molar-refractivity contribution in [2.45, 2.75) is 38.6 Å². The van der Waals surface area contributed by atoms with E-state index in [4.69, 9.17) is 0 Å². The van der Waals surface area contributed by atoms with Gasteiger partial charge in [0.2, 0.25) is 10.0 Å². The first-order valence-corrected chi connectivity index (χ1v) is 7.94. The zero-order valence-electron chi connectivity index (χ0n) is 10.4. The van der Waals surface area contributed by atoms with Gasteiger partial charge in [0.1, 0.15) is 0 Å². The minimum Gasteiger partial charge on any atom is -0.213 e. The van der Waals surface area contributed by atoms with E-state index < -0.39 is 10.0 Å². The van der Waals surface area contributed by atoms with Gasteiger partial charge in [-0.15, -0.1) is 0 Å². The summed E-state index contributed by atoms with van der Waals surface area (Å²) in [5.74, 6) is 0. The fraction of sp³-hybridized carbons (Fsp3) is 0.538. The van der Waals surface area contributed by atoms with Crippen LogP contribution in [-0.4, -0.2) is 14.7 Å². The van der Waals surface area contributed by atoms with Gasteiger partial charge in [-0.25, -0.2) is 13.1 Å². The molecule has 1 aromatic carbocycles. The molecule has 3 nitrogen and oxygen atoms in total. The first kappa shape index (κ1) is 12.6. The van der Waals surface area contributed by atoms with Crippen LogP contribution in [-0.2, 0) is 22.9 Å². The van der Waals surface area contributed by atoms with Gasteiger partial charge in [0.15, 0.2) is 0 Å². The Morgan fingerprint density at radius 3 is 2.47 bits per heavy atom. The monoisotopic (exact) mass is 253 g/mol. The molecule has 0 saturated heterocycles. The molecule has 1 atom stereocenters. The number of benzene rings is 1. The van der Waals surface area contributed by atoms with Crippen LogP contribution < -0.4 is 4.72 Å². The molecule has 0 fully saturated rings. The zero-order chi connectivity index (χ0) is 12.5. The lowest BCUT2D eigenvalue weighted by Gasteiger charge is -2.19. The molecule has 94 valence electrons. The van der Waals surface area contributed by atoms with Crippen LogP contribution in [0.3, 0.4) is 0 Å². The third-order valence-corrected chi connectivity index (χ3v) is 4.05. The number of hydrogen-bond donors (Lipinski definition) is 1. The highest BCUT2D eigenvalue weighted by Crippen LogP contribution is 2.24. The van der Waals surface area contributed by atoms with Crippen LogP contribution in [0.25, 0.3) is 0 Å². The average Bonchev–Trinajstić information content (AvgIpc) is 2.26. The molecule has 4 heteroatoms. The SMILES string of the molecule is CC(NS(C)(=O)=O)c1ccc2c(c1)CCCC2. The van der Waals surface area contributed by atoms with E-state index >= 15 is 0 Å². The lowest BCUT2D eigenvalue weighted by molar-refractivity contribution is 0.572. The Hall–Kier alpha value is -0.870. The molecule has 1 N–H and O–H groups in total. The van der Waals surface area contributed by atoms with Crippen LogP contribution in [0.2, 0.25) is 0 Å². The third-order valence-electron chi connectivity index (χ3n) is 3.26. The average molecular weight is 253 g/mol. The molecule has 0 amide bonds. The van der Waals surface area contributed by atoms with Crippen LogP contribution >= 0.6 is 0 Å². The molecule has 0 aliphatic heterocycles. The highest BCUT2D eigenvalue weighted by molar-refractivity contribution is 7.88. The second kappa shape index (κ2) is 4.78. The van der Waals surface area contributed by atoms with Crippen molar-refractivity contribution < 1.29 is 8.42 Å². The lowest BCUT2D eigenvalue weighted by Crippen LogP contribution is -2.25. The molecule has 1 aliphatic carbocycles. The van der Waals surface area contributed by atoms with Crippen molar-refractivity contribution in [2.75, 3.05) is 6.26 Å². The van der Waals surface area contributed by atoms with Crippen LogP contribution in [0.1, 0.15) is 42.5 Å². The molecule has 0 radical (unpaired) electrons. The summed E-state index contributed by atoms with van der Waals surface area (Å²) in [4.78, 5) is 0. The molecule has 1 aliphatic rings. The smallest absolute Gasteiger partial charge is 0.209 e. The maximum atomic E-state index is 11.2. The van der Waals surface area contributed by atoms with Crippen molar-refractivity contribution >= 4 is 10.0 Å². The van der Waals surface area contributed by atoms with Gasteiger partial charge in [-0.05, 0) is 49.3 Å². The topological polar surface area (TPSA) is 46.2 Å². The van der Waals surface area contributed by atoms with Crippen LogP contribution in [0.4, 0.5) is 0 Å². The van der Waals surface area contributed by atoms with E-state index in [1.165, 1.54) is 30.2 Å². The quantitative estimate of drug-likeness (QED) is 0.897. The Kier molecular flexibility index (Phi) is 3.54. The molecule has 1 aromatic rings. The number of fused-ring (bicyclic) bond motifs is 1. The minimum absolute atomic E-state index is 0.155. The van der Waals surface area contributed by atoms with Crippen molar-refractivity contribution in [3.05, 3.63) is 34.9 Å². The summed E-state index contributed by atoms with van der Waals surface area (Å²) in [5, 5.41) is 0. The fourth-order valence-electron chi connectivity index (χ4n) is 2.41. The predicted octanol–water partition coefficient (Wildman–Crippen LogP) is 2.18. The van der Waals surface area contributed by atoms with E-state index in [0.29, 0.717) is 0 Å². The largest absolute Gasteiger partial charge is 0.213 e. The van der Waals surface area contributed by atoms with Crippen LogP contribution in [0.15, 0.2) is 18.2 Å². The maximum absolute atomic E-state index is 11.2. The summed E-state index contributed by atoms with van der Waals surface area (Å²) in [7, 11) is -3.14. The Labute approximate surface area is 103 Å². The molecule has 0 aromatic heterocycles. The third kappa shape index (κ3) is 3.30. The van der Waals surface area contributed by atoms with E-state index in [1.807, 2.05) is 13.0 Å². The molecule has 17 heavy (non-hydrogen) atoms. The van der Waals surface area contributed by atoms with Crippen molar-refractivity contribution in [1.82, 2.24) is 4.72 Å². The van der Waals surface area contributed by atoms with Gasteiger partial charge in [-0.3, -0.25) is 0 Å². The van der Waals surface area contributed by atoms with E-state index in [9.17, 15) is 8.42 Å². The van der Waals surface area contributed by atoms with Gasteiger partial charge in [0.05, 0.1) is 6.26 Å². The van der Waals surface area contributed by atoms with Crippen LogP contribution in [0.5, 0.6) is 0 Å². The van der Waals surface area contributed by atoms with Gasteiger partial charge in [0, 0.05) is 6.04 Å². The summed E-state index contributed by atoms with van der Waals surface area (Å²) in [6, 6.07) is 6.17. The summed E-state index contributed by atoms with van der Waals surface area (Å²) >= 11 is 0. The van der Waals surface area contributed by atoms with Crippen molar-refractivity contribution in [3.8, 4) is 0 Å². The highest BCUT2D eigenvalue weighted by atomic mass is 32.2. The number of aryl methyl sites for hydroxylation is 2. The van der Waals surface area contributed by atoms with Gasteiger partial charge >= 0.3 is 0 Å². The highest BCUT2D eigenvalue weighted by Gasteiger charge is 2.14. The molecule has 2 rings (SSSR count). The Morgan fingerprint density at radius 2 is 1.82 bits per heavy atom. The Balaban J connectivity index is 2.22. The number of rotatable bonds is 3. The van der Waals surface area contributed by atoms with E-state index in [2.05, 4.69) is 16.9 Å². The fourth-order valence-corrected chi connectivity index (χ4v) is 3.19. The van der Waals surface area contributed by atoms with Gasteiger partial charge in [0.25, 0.3) is 0 Å². The number of nitrogens with one attached hydrogen (secondary N) is 1. The first-order chi connectivity index (χ1) is 7.96. The summed E-state index contributed by atoms with van der Waals surface area (Å²) in [6.07, 6.45) is 5.98. The predicted molar refractivity (Wildman–Crippen MR) is 69.5 cm³/mol. The van der Waals surface area contributed by atoms with Gasteiger partial charge < -0.3 is 0 Å². The first-order valence-electron chi connectivity index (χ1n) is 6.05. The standard InChI is InChI=1S/C13H19NO2S/c1-10(14-17(2,15)16)12-8-7-11-5-3-4-6-13(11)9-12/h7-10,14H,3-6H2,1-2H3.